The van der Waals surface area contributed by atoms with E-state index in [0.29, 0.717) is 38.5 Å². The summed E-state index contributed by atoms with van der Waals surface area (Å²) in [6.45, 7) is 16.1. The Hall–Kier alpha value is -2.00. The number of fused-ring (bicyclic) bond motifs is 7. The third-order valence-electron chi connectivity index (χ3n) is 13.8. The van der Waals surface area contributed by atoms with Crippen molar-refractivity contribution in [1.29, 1.82) is 5.26 Å². The minimum atomic E-state index is -0.462. The first-order valence-electron chi connectivity index (χ1n) is 15.8. The summed E-state index contributed by atoms with van der Waals surface area (Å²) in [5.74, 6) is 0.535. The predicted octanol–water partition coefficient (Wildman–Crippen LogP) is 5.75. The number of ether oxygens (including phenoxy) is 1. The van der Waals surface area contributed by atoms with Crippen LogP contribution in [0.3, 0.4) is 0 Å². The zero-order valence-electron chi connectivity index (χ0n) is 25.5. The number of Topliss-reactive ketones (excluding diaryl/α,β-unsaturated/α-hetero) is 2. The van der Waals surface area contributed by atoms with Gasteiger partial charge in [-0.15, -0.1) is 0 Å². The van der Waals surface area contributed by atoms with Gasteiger partial charge in [0.1, 0.15) is 11.9 Å². The van der Waals surface area contributed by atoms with E-state index >= 15 is 0 Å². The molecule has 6 rings (SSSR count). The Morgan fingerprint density at radius 1 is 0.975 bits per heavy atom. The topological polar surface area (TPSA) is 87.5 Å². The molecule has 1 heterocycles. The minimum absolute atomic E-state index is 0.0340. The molecule has 1 saturated heterocycles. The first-order chi connectivity index (χ1) is 18.7. The molecule has 5 aliphatic carbocycles. The molecule has 4 saturated carbocycles. The first-order valence-corrected chi connectivity index (χ1v) is 15.8. The van der Waals surface area contributed by atoms with Gasteiger partial charge in [0, 0.05) is 31.3 Å². The molecule has 1 aliphatic heterocycles. The molecule has 0 aromatic heterocycles. The Kier molecular flexibility index (Phi) is 6.33. The largest absolute Gasteiger partial charge is 0.378 e. The van der Waals surface area contributed by atoms with E-state index < -0.39 is 5.41 Å². The van der Waals surface area contributed by atoms with Gasteiger partial charge < -0.3 is 9.64 Å². The lowest BCUT2D eigenvalue weighted by atomic mass is 9.32. The van der Waals surface area contributed by atoms with Gasteiger partial charge in [-0.25, -0.2) is 0 Å². The maximum atomic E-state index is 14.7. The number of nitriles is 1. The first kappa shape index (κ1) is 28.1. The minimum Gasteiger partial charge on any atom is -0.378 e. The van der Waals surface area contributed by atoms with Crippen LogP contribution in [0.15, 0.2) is 11.6 Å². The van der Waals surface area contributed by atoms with Gasteiger partial charge in [0.25, 0.3) is 0 Å². The van der Waals surface area contributed by atoms with Crippen LogP contribution in [0.1, 0.15) is 92.9 Å². The van der Waals surface area contributed by atoms with Gasteiger partial charge >= 0.3 is 0 Å². The van der Waals surface area contributed by atoms with Crippen LogP contribution < -0.4 is 0 Å². The molecule has 0 spiro atoms. The molecule has 9 atom stereocenters. The molecule has 6 nitrogen and oxygen atoms in total. The zero-order chi connectivity index (χ0) is 28.9. The zero-order valence-corrected chi connectivity index (χ0v) is 25.5. The molecule has 0 aromatic rings. The van der Waals surface area contributed by atoms with Crippen molar-refractivity contribution in [2.24, 2.45) is 56.7 Å². The van der Waals surface area contributed by atoms with Crippen molar-refractivity contribution in [3.8, 4) is 6.07 Å². The normalized spacial score (nSPS) is 48.1. The fourth-order valence-electron chi connectivity index (χ4n) is 11.4. The fourth-order valence-corrected chi connectivity index (χ4v) is 11.4. The molecule has 0 aromatic carbocycles. The highest BCUT2D eigenvalue weighted by Crippen LogP contribution is 2.75. The summed E-state index contributed by atoms with van der Waals surface area (Å²) in [5.41, 5.74) is -0.773. The lowest BCUT2D eigenvalue weighted by molar-refractivity contribution is -0.221. The third-order valence-corrected chi connectivity index (χ3v) is 13.8. The number of ketones is 2. The molecule has 218 valence electrons. The molecule has 2 unspecified atom stereocenters. The van der Waals surface area contributed by atoms with Gasteiger partial charge in [-0.3, -0.25) is 14.4 Å². The maximum Gasteiger partial charge on any atom is 0.229 e. The average molecular weight is 549 g/mol. The summed E-state index contributed by atoms with van der Waals surface area (Å²) in [6, 6.07) is 2.20. The second-order valence-corrected chi connectivity index (χ2v) is 15.9. The van der Waals surface area contributed by atoms with Crippen molar-refractivity contribution in [3.05, 3.63) is 11.6 Å². The quantitative estimate of drug-likeness (QED) is 0.416. The van der Waals surface area contributed by atoms with E-state index in [-0.39, 0.29) is 68.5 Å². The predicted molar refractivity (Wildman–Crippen MR) is 152 cm³/mol. The summed E-state index contributed by atoms with van der Waals surface area (Å²) in [5, 5.41) is 9.85. The number of allylic oxidation sites excluding steroid dienone is 2. The Morgan fingerprint density at radius 2 is 1.65 bits per heavy atom. The maximum absolute atomic E-state index is 14.7. The van der Waals surface area contributed by atoms with E-state index in [1.165, 1.54) is 0 Å². The summed E-state index contributed by atoms with van der Waals surface area (Å²) >= 11 is 0. The number of nitrogens with zero attached hydrogens (tertiary/aromatic N) is 2. The van der Waals surface area contributed by atoms with Crippen molar-refractivity contribution in [2.75, 3.05) is 26.3 Å². The van der Waals surface area contributed by atoms with Crippen LogP contribution in [-0.4, -0.2) is 48.7 Å². The Labute approximate surface area is 240 Å². The van der Waals surface area contributed by atoms with Crippen molar-refractivity contribution in [3.63, 3.8) is 0 Å². The molecule has 1 amide bonds. The average Bonchev–Trinajstić information content (AvgIpc) is 2.92. The second-order valence-electron chi connectivity index (χ2n) is 15.9. The molecule has 0 bridgehead atoms. The Morgan fingerprint density at radius 3 is 2.33 bits per heavy atom. The van der Waals surface area contributed by atoms with E-state index in [9.17, 15) is 19.6 Å². The molecule has 6 heteroatoms. The van der Waals surface area contributed by atoms with E-state index in [4.69, 9.17) is 4.74 Å². The van der Waals surface area contributed by atoms with Crippen molar-refractivity contribution < 1.29 is 19.1 Å². The molecule has 0 radical (unpaired) electrons. The number of morpholine rings is 1. The summed E-state index contributed by atoms with van der Waals surface area (Å²) in [4.78, 5) is 44.1. The smallest absolute Gasteiger partial charge is 0.229 e. The van der Waals surface area contributed by atoms with Gasteiger partial charge in [0.15, 0.2) is 5.78 Å². The number of amides is 1. The van der Waals surface area contributed by atoms with Gasteiger partial charge in [-0.1, -0.05) is 47.6 Å². The highest BCUT2D eigenvalue weighted by atomic mass is 16.5. The van der Waals surface area contributed by atoms with Crippen molar-refractivity contribution in [1.82, 2.24) is 4.90 Å². The highest BCUT2D eigenvalue weighted by molar-refractivity contribution is 6.02. The highest BCUT2D eigenvalue weighted by Gasteiger charge is 2.72. The van der Waals surface area contributed by atoms with E-state index in [0.717, 1.165) is 44.9 Å². The number of hydrogen-bond acceptors (Lipinski definition) is 5. The lowest BCUT2D eigenvalue weighted by Gasteiger charge is -2.71. The van der Waals surface area contributed by atoms with Crippen LogP contribution in [0.4, 0.5) is 0 Å². The molecule has 40 heavy (non-hydrogen) atoms. The molecular formula is C34H48N2O4. The van der Waals surface area contributed by atoms with Crippen LogP contribution in [-0.2, 0) is 19.1 Å². The standard InChI is InChI=1S/C34H48N2O4/c1-21-23-7-8-32(5)26(31(23,4)18-22(20-35)28(21)38)17-25(37)27-24-19-30(2,3)9-11-34(24,12-10-33(27,32)6)29(39)36-13-15-40-16-14-36/h18,21,23-24,26-27H,7-17,19H2,1-6H3/t21-,23-,24?,26+,27?,31-,32+,33+,34-/m0/s1. The summed E-state index contributed by atoms with van der Waals surface area (Å²) < 4.78 is 5.58. The summed E-state index contributed by atoms with van der Waals surface area (Å²) in [7, 11) is 0. The second kappa shape index (κ2) is 9.00. The van der Waals surface area contributed by atoms with Gasteiger partial charge in [0.05, 0.1) is 24.2 Å². The van der Waals surface area contributed by atoms with Crippen molar-refractivity contribution in [2.45, 2.75) is 92.9 Å². The Bertz CT molecular complexity index is 1210. The van der Waals surface area contributed by atoms with Gasteiger partial charge in [0.2, 0.25) is 5.91 Å². The van der Waals surface area contributed by atoms with Crippen LogP contribution in [0.5, 0.6) is 0 Å². The molecule has 6 aliphatic rings. The fraction of sp³-hybridized carbons (Fsp3) is 0.824. The SMILES string of the molecule is C[C@@H]1C(=O)C(C#N)=C[C@]2(C)[C@H]3CC(=O)C4C5CC(C)(C)CC[C@]5(C(=O)N5CCOCC5)CC[C@@]4(C)[C@]3(C)CC[C@@H]12. The summed E-state index contributed by atoms with van der Waals surface area (Å²) in [6.07, 6.45) is 8.92. The number of rotatable bonds is 1. The van der Waals surface area contributed by atoms with E-state index in [1.807, 2.05) is 17.9 Å². The number of hydrogen-bond donors (Lipinski definition) is 0. The third kappa shape index (κ3) is 3.58. The van der Waals surface area contributed by atoms with Crippen molar-refractivity contribution >= 4 is 17.5 Å². The molecule has 0 N–H and O–H groups in total. The van der Waals surface area contributed by atoms with Crippen LogP contribution >= 0.6 is 0 Å². The van der Waals surface area contributed by atoms with E-state index in [2.05, 4.69) is 40.7 Å². The van der Waals surface area contributed by atoms with E-state index in [1.54, 1.807) is 0 Å². The van der Waals surface area contributed by atoms with Gasteiger partial charge in [-0.2, -0.15) is 5.26 Å². The molecule has 5 fully saturated rings. The monoisotopic (exact) mass is 548 g/mol. The number of carbonyl (C=O) groups is 3. The molecular weight excluding hydrogens is 500 g/mol. The number of carbonyl (C=O) groups excluding carboxylic acids is 3. The Balaban J connectivity index is 1.44. The van der Waals surface area contributed by atoms with Crippen LogP contribution in [0.25, 0.3) is 0 Å². The lowest BCUT2D eigenvalue weighted by Crippen LogP contribution is -2.69. The van der Waals surface area contributed by atoms with Crippen LogP contribution in [0.2, 0.25) is 0 Å². The van der Waals surface area contributed by atoms with Gasteiger partial charge in [-0.05, 0) is 84.4 Å². The van der Waals surface area contributed by atoms with Crippen LogP contribution in [0, 0.1) is 68.0 Å².